The van der Waals surface area contributed by atoms with Crippen LogP contribution in [0.4, 0.5) is 0 Å². The largest absolute Gasteiger partial charge is 0.510 e. The number of ketones is 2. The molecule has 0 bridgehead atoms. The van der Waals surface area contributed by atoms with E-state index >= 15 is 0 Å². The van der Waals surface area contributed by atoms with Gasteiger partial charge in [0, 0.05) is 12.0 Å². The van der Waals surface area contributed by atoms with Gasteiger partial charge in [-0.3, -0.25) is 14.4 Å². The molecule has 0 saturated heterocycles. The lowest BCUT2D eigenvalue weighted by atomic mass is 9.54. The molecule has 1 saturated carbocycles. The first-order chi connectivity index (χ1) is 15.6. The third-order valence-electron chi connectivity index (χ3n) is 7.83. The summed E-state index contributed by atoms with van der Waals surface area (Å²) >= 11 is 0. The second-order valence-electron chi connectivity index (χ2n) is 9.75. The molecule has 0 heterocycles. The number of phenols is 1. The second-order valence-corrected chi connectivity index (χ2v) is 9.75. The third kappa shape index (κ3) is 3.45. The normalized spacial score (nSPS) is 26.7. The summed E-state index contributed by atoms with van der Waals surface area (Å²) < 4.78 is 0. The first-order valence-electron chi connectivity index (χ1n) is 11.7. The highest BCUT2D eigenvalue weighted by atomic mass is 16.3. The van der Waals surface area contributed by atoms with Crippen LogP contribution < -0.4 is 5.73 Å². The van der Waals surface area contributed by atoms with E-state index in [0.29, 0.717) is 12.8 Å². The average molecular weight is 454 g/mol. The number of amides is 1. The van der Waals surface area contributed by atoms with E-state index in [1.807, 2.05) is 6.07 Å². The minimum absolute atomic E-state index is 0.0636. The Balaban J connectivity index is 1.80. The van der Waals surface area contributed by atoms with Crippen molar-refractivity contribution in [3.63, 3.8) is 0 Å². The lowest BCUT2D eigenvalue weighted by Crippen LogP contribution is -2.51. The van der Waals surface area contributed by atoms with Crippen molar-refractivity contribution in [3.05, 3.63) is 45.7 Å². The molecule has 5 N–H and O–H groups in total. The van der Waals surface area contributed by atoms with Crippen molar-refractivity contribution in [1.29, 1.82) is 0 Å². The molecule has 3 aliphatic carbocycles. The van der Waals surface area contributed by atoms with E-state index in [2.05, 4.69) is 6.92 Å². The Hall–Kier alpha value is -3.09. The van der Waals surface area contributed by atoms with Gasteiger partial charge in [-0.15, -0.1) is 0 Å². The van der Waals surface area contributed by atoms with Crippen LogP contribution in [0.2, 0.25) is 0 Å². The fourth-order valence-corrected chi connectivity index (χ4v) is 5.93. The van der Waals surface area contributed by atoms with Crippen molar-refractivity contribution in [1.82, 2.24) is 0 Å². The number of hydrogen-bond donors (Lipinski definition) is 4. The molecule has 0 radical (unpaired) electrons. The predicted octanol–water partition coefficient (Wildman–Crippen LogP) is 3.82. The minimum Gasteiger partial charge on any atom is -0.510 e. The number of allylic oxidation sites excluding steroid dienone is 2. The first-order valence-corrected chi connectivity index (χ1v) is 11.7. The lowest BCUT2D eigenvalue weighted by molar-refractivity contribution is -0.134. The maximum Gasteiger partial charge on any atom is 0.255 e. The Labute approximate surface area is 193 Å². The molecule has 0 spiro atoms. The number of carbonyl (C=O) groups excluding carboxylic acids is 3. The van der Waals surface area contributed by atoms with E-state index < -0.39 is 40.1 Å². The molecule has 1 fully saturated rings. The van der Waals surface area contributed by atoms with E-state index in [9.17, 15) is 29.7 Å². The minimum atomic E-state index is -1.52. The van der Waals surface area contributed by atoms with Gasteiger partial charge in [0.25, 0.3) is 5.91 Å². The van der Waals surface area contributed by atoms with E-state index in [4.69, 9.17) is 5.73 Å². The average Bonchev–Trinajstić information content (AvgIpc) is 2.75. The molecule has 33 heavy (non-hydrogen) atoms. The molecule has 4 rings (SSSR count). The van der Waals surface area contributed by atoms with Gasteiger partial charge in [-0.25, -0.2) is 0 Å². The van der Waals surface area contributed by atoms with E-state index in [1.54, 1.807) is 6.07 Å². The summed E-state index contributed by atoms with van der Waals surface area (Å²) in [5.74, 6) is -3.97. The third-order valence-corrected chi connectivity index (χ3v) is 7.83. The summed E-state index contributed by atoms with van der Waals surface area (Å²) in [4.78, 5) is 38.0. The molecule has 1 aromatic rings. The standard InChI is InChI=1S/C26H31NO6/c1-3-4-5-6-7-13-8-9-17(28)20-16(13)11-14-10-15-12-18(29)21(25(27)33)24(32)26(15,2)23(31)19(14)22(20)30/h8-9,14-15,28,30,32H,3-7,10-12H2,1-2H3,(H2,27,33)/t14-,15+,26-/m1/s1. The predicted molar refractivity (Wildman–Crippen MR) is 122 cm³/mol. The van der Waals surface area contributed by atoms with Gasteiger partial charge in [-0.05, 0) is 61.6 Å². The Bertz CT molecular complexity index is 1110. The zero-order valence-corrected chi connectivity index (χ0v) is 19.1. The number of carbonyl (C=O) groups is 3. The topological polar surface area (TPSA) is 138 Å². The van der Waals surface area contributed by atoms with E-state index in [0.717, 1.165) is 43.2 Å². The number of aliphatic hydroxyl groups excluding tert-OH is 2. The Morgan fingerprint density at radius 1 is 1.12 bits per heavy atom. The van der Waals surface area contributed by atoms with Gasteiger partial charge in [0.15, 0.2) is 11.6 Å². The Kier molecular flexibility index (Phi) is 5.85. The zero-order chi connectivity index (χ0) is 24.1. The molecule has 0 aliphatic heterocycles. The molecule has 3 atom stereocenters. The fraction of sp³-hybridized carbons (Fsp3) is 0.500. The number of unbranched alkanes of at least 4 members (excludes halogenated alkanes) is 3. The molecular weight excluding hydrogens is 422 g/mol. The number of primary amides is 1. The monoisotopic (exact) mass is 453 g/mol. The number of hydrogen-bond acceptors (Lipinski definition) is 6. The maximum atomic E-state index is 13.7. The van der Waals surface area contributed by atoms with Crippen molar-refractivity contribution < 1.29 is 29.7 Å². The fourth-order valence-electron chi connectivity index (χ4n) is 5.93. The van der Waals surface area contributed by atoms with Crippen LogP contribution in [0.5, 0.6) is 5.75 Å². The van der Waals surface area contributed by atoms with E-state index in [1.165, 1.54) is 6.92 Å². The van der Waals surface area contributed by atoms with Crippen LogP contribution in [-0.2, 0) is 27.2 Å². The number of rotatable bonds is 6. The van der Waals surface area contributed by atoms with Crippen LogP contribution in [-0.4, -0.2) is 32.8 Å². The van der Waals surface area contributed by atoms with Crippen molar-refractivity contribution in [2.75, 3.05) is 0 Å². The van der Waals surface area contributed by atoms with Crippen molar-refractivity contribution in [2.24, 2.45) is 23.0 Å². The van der Waals surface area contributed by atoms with Crippen LogP contribution in [0.3, 0.4) is 0 Å². The number of Topliss-reactive ketones (excluding diaryl/α,β-unsaturated/α-hetero) is 2. The molecule has 3 aliphatic rings. The molecule has 1 amide bonds. The Morgan fingerprint density at radius 2 is 1.85 bits per heavy atom. The molecule has 0 unspecified atom stereocenters. The summed E-state index contributed by atoms with van der Waals surface area (Å²) in [7, 11) is 0. The molecule has 1 aromatic carbocycles. The summed E-state index contributed by atoms with van der Waals surface area (Å²) in [5, 5.41) is 32.6. The number of fused-ring (bicyclic) bond motifs is 3. The van der Waals surface area contributed by atoms with Gasteiger partial charge in [-0.2, -0.15) is 0 Å². The van der Waals surface area contributed by atoms with Crippen LogP contribution in [0.15, 0.2) is 29.0 Å². The van der Waals surface area contributed by atoms with Crippen LogP contribution in [0, 0.1) is 17.3 Å². The summed E-state index contributed by atoms with van der Waals surface area (Å²) in [5.41, 5.74) is 5.55. The number of aryl methyl sites for hydroxylation is 1. The van der Waals surface area contributed by atoms with Crippen molar-refractivity contribution in [2.45, 2.75) is 65.2 Å². The Morgan fingerprint density at radius 3 is 2.52 bits per heavy atom. The lowest BCUT2D eigenvalue weighted by Gasteiger charge is -2.47. The first kappa shape index (κ1) is 23.1. The maximum absolute atomic E-state index is 13.7. The highest BCUT2D eigenvalue weighted by Gasteiger charge is 2.58. The van der Waals surface area contributed by atoms with Gasteiger partial charge < -0.3 is 21.1 Å². The number of aliphatic hydroxyl groups is 2. The molecular formula is C26H31NO6. The highest BCUT2D eigenvalue weighted by molar-refractivity contribution is 6.22. The molecule has 7 nitrogen and oxygen atoms in total. The van der Waals surface area contributed by atoms with Crippen LogP contribution >= 0.6 is 0 Å². The molecule has 0 aromatic heterocycles. The summed E-state index contributed by atoms with van der Waals surface area (Å²) in [6.45, 7) is 3.65. The zero-order valence-electron chi connectivity index (χ0n) is 19.1. The van der Waals surface area contributed by atoms with Gasteiger partial charge in [0.05, 0.1) is 11.0 Å². The number of nitrogens with two attached hydrogens (primary N) is 1. The highest BCUT2D eigenvalue weighted by Crippen LogP contribution is 2.56. The van der Waals surface area contributed by atoms with Gasteiger partial charge in [0.2, 0.25) is 0 Å². The number of benzene rings is 1. The van der Waals surface area contributed by atoms with Crippen LogP contribution in [0.1, 0.15) is 69.1 Å². The van der Waals surface area contributed by atoms with Gasteiger partial charge in [0.1, 0.15) is 22.8 Å². The van der Waals surface area contributed by atoms with Crippen LogP contribution in [0.25, 0.3) is 5.76 Å². The van der Waals surface area contributed by atoms with Gasteiger partial charge in [-0.1, -0.05) is 32.3 Å². The summed E-state index contributed by atoms with van der Waals surface area (Å²) in [6, 6.07) is 3.43. The molecule has 7 heteroatoms. The van der Waals surface area contributed by atoms with Crippen molar-refractivity contribution in [3.8, 4) is 5.75 Å². The smallest absolute Gasteiger partial charge is 0.255 e. The van der Waals surface area contributed by atoms with E-state index in [-0.39, 0.29) is 35.0 Å². The summed E-state index contributed by atoms with van der Waals surface area (Å²) in [6.07, 6.45) is 5.98. The second kappa shape index (κ2) is 8.36. The molecule has 176 valence electrons. The number of aromatic hydroxyl groups is 1. The number of phenolic OH excluding ortho intramolecular Hbond substituents is 1. The quantitative estimate of drug-likeness (QED) is 0.382. The van der Waals surface area contributed by atoms with Gasteiger partial charge >= 0.3 is 0 Å². The SMILES string of the molecule is CCCCCCc1ccc(O)c2c1C[C@H]1C[C@H]3CC(=O)C(C(N)=O)=C(O)[C@@]3(C)C(=O)C1=C2O. The van der Waals surface area contributed by atoms with Crippen molar-refractivity contribution >= 4 is 23.2 Å².